The van der Waals surface area contributed by atoms with Gasteiger partial charge in [0.05, 0.1) is 0 Å². The molecule has 182 valence electrons. The van der Waals surface area contributed by atoms with E-state index in [-0.39, 0.29) is 5.92 Å². The first kappa shape index (κ1) is 26.7. The summed E-state index contributed by atoms with van der Waals surface area (Å²) >= 11 is 0. The number of carbonyl (C=O) groups excluding carboxylic acids is 1. The lowest BCUT2D eigenvalue weighted by Crippen LogP contribution is -2.61. The zero-order chi connectivity index (χ0) is 22.5. The molecule has 3 nitrogen and oxygen atoms in total. The van der Waals surface area contributed by atoms with Crippen LogP contribution < -0.4 is 0 Å². The first-order chi connectivity index (χ1) is 15.1. The van der Waals surface area contributed by atoms with Crippen molar-refractivity contribution in [3.63, 3.8) is 0 Å². The van der Waals surface area contributed by atoms with Gasteiger partial charge in [-0.1, -0.05) is 85.5 Å². The average molecular weight is 435 g/mol. The molecule has 0 aromatic heterocycles. The minimum absolute atomic E-state index is 0.288. The highest BCUT2D eigenvalue weighted by molar-refractivity contribution is 5.79. The van der Waals surface area contributed by atoms with Crippen LogP contribution in [0.4, 0.5) is 0 Å². The molecule has 1 amide bonds. The lowest BCUT2D eigenvalue weighted by atomic mass is 9.71. The lowest BCUT2D eigenvalue weighted by molar-refractivity contribution is -0.141. The summed E-state index contributed by atoms with van der Waals surface area (Å²) in [5.74, 6) is 1.67. The van der Waals surface area contributed by atoms with Gasteiger partial charge in [-0.05, 0) is 49.9 Å². The van der Waals surface area contributed by atoms with Crippen LogP contribution in [-0.2, 0) is 4.79 Å². The third-order valence-electron chi connectivity index (χ3n) is 8.11. The van der Waals surface area contributed by atoms with Crippen molar-refractivity contribution >= 4 is 5.91 Å². The van der Waals surface area contributed by atoms with E-state index in [4.69, 9.17) is 0 Å². The molecule has 2 heterocycles. The van der Waals surface area contributed by atoms with E-state index in [0.717, 1.165) is 31.8 Å². The molecule has 0 aromatic rings. The van der Waals surface area contributed by atoms with Crippen LogP contribution in [0, 0.1) is 17.3 Å². The predicted octanol–water partition coefficient (Wildman–Crippen LogP) is 7.29. The number of nitrogens with zero attached hydrogens (tertiary/aromatic N) is 2. The summed E-state index contributed by atoms with van der Waals surface area (Å²) < 4.78 is 0. The molecule has 0 N–H and O–H groups in total. The van der Waals surface area contributed by atoms with Crippen LogP contribution in [-0.4, -0.2) is 48.4 Å². The molecule has 1 spiro atoms. The second kappa shape index (κ2) is 14.6. The normalized spacial score (nSPS) is 19.7. The molecule has 0 bridgehead atoms. The average Bonchev–Trinajstić information content (AvgIpc) is 2.76. The van der Waals surface area contributed by atoms with Crippen LogP contribution in [0.3, 0.4) is 0 Å². The Morgan fingerprint density at radius 1 is 0.742 bits per heavy atom. The number of unbranched alkanes of at least 4 members (excludes halogenated alkanes) is 5. The Labute approximate surface area is 194 Å². The van der Waals surface area contributed by atoms with Crippen LogP contribution in [0.5, 0.6) is 0 Å². The summed E-state index contributed by atoms with van der Waals surface area (Å²) in [6, 6.07) is 0. The van der Waals surface area contributed by atoms with Gasteiger partial charge in [0.2, 0.25) is 5.91 Å². The Bertz CT molecular complexity index is 467. The molecular weight excluding hydrogens is 380 g/mol. The molecule has 0 aliphatic carbocycles. The third kappa shape index (κ3) is 8.71. The fourth-order valence-corrected chi connectivity index (χ4v) is 5.97. The van der Waals surface area contributed by atoms with Crippen LogP contribution in [0.25, 0.3) is 0 Å². The Hall–Kier alpha value is -0.570. The molecule has 1 atom stereocenters. The Morgan fingerprint density at radius 2 is 1.26 bits per heavy atom. The first-order valence-corrected chi connectivity index (χ1v) is 14.1. The molecule has 0 aromatic carbocycles. The van der Waals surface area contributed by atoms with Gasteiger partial charge in [-0.3, -0.25) is 4.79 Å². The lowest BCUT2D eigenvalue weighted by Gasteiger charge is -2.55. The van der Waals surface area contributed by atoms with E-state index in [1.807, 2.05) is 0 Å². The molecule has 0 radical (unpaired) electrons. The Balaban J connectivity index is 1.76. The van der Waals surface area contributed by atoms with Crippen LogP contribution in [0.1, 0.15) is 124 Å². The summed E-state index contributed by atoms with van der Waals surface area (Å²) in [4.78, 5) is 18.2. The fraction of sp³-hybridized carbons (Fsp3) is 0.964. The van der Waals surface area contributed by atoms with Gasteiger partial charge in [0.15, 0.2) is 0 Å². The van der Waals surface area contributed by atoms with Crippen molar-refractivity contribution < 1.29 is 4.79 Å². The molecule has 31 heavy (non-hydrogen) atoms. The number of hydrogen-bond acceptors (Lipinski definition) is 2. The second-order valence-electron chi connectivity index (χ2n) is 11.0. The van der Waals surface area contributed by atoms with Crippen molar-refractivity contribution in [2.75, 3.05) is 32.7 Å². The SMILES string of the molecule is CCCCCC(CCCC)C(=O)N1CCC2(CC1)CN(CC(CCCC)CCCC)C2. The highest BCUT2D eigenvalue weighted by atomic mass is 16.2. The molecule has 2 saturated heterocycles. The van der Waals surface area contributed by atoms with Gasteiger partial charge in [0, 0.05) is 38.6 Å². The van der Waals surface area contributed by atoms with Crippen LogP contribution in [0.2, 0.25) is 0 Å². The minimum atomic E-state index is 0.288. The summed E-state index contributed by atoms with van der Waals surface area (Å²) in [5, 5.41) is 0. The van der Waals surface area contributed by atoms with E-state index in [1.54, 1.807) is 0 Å². The van der Waals surface area contributed by atoms with Gasteiger partial charge in [-0.2, -0.15) is 0 Å². The van der Waals surface area contributed by atoms with Crippen molar-refractivity contribution in [2.24, 2.45) is 17.3 Å². The largest absolute Gasteiger partial charge is 0.342 e. The number of hydrogen-bond donors (Lipinski definition) is 0. The monoisotopic (exact) mass is 434 g/mol. The van der Waals surface area contributed by atoms with Crippen molar-refractivity contribution in [2.45, 2.75) is 124 Å². The molecule has 1 unspecified atom stereocenters. The van der Waals surface area contributed by atoms with Crippen molar-refractivity contribution in [1.82, 2.24) is 9.80 Å². The number of likely N-dealkylation sites (tertiary alicyclic amines) is 2. The molecule has 0 saturated carbocycles. The molecule has 3 heteroatoms. The second-order valence-corrected chi connectivity index (χ2v) is 11.0. The van der Waals surface area contributed by atoms with Crippen molar-refractivity contribution in [1.29, 1.82) is 0 Å². The van der Waals surface area contributed by atoms with E-state index >= 15 is 0 Å². The van der Waals surface area contributed by atoms with Crippen molar-refractivity contribution in [3.8, 4) is 0 Å². The summed E-state index contributed by atoms with van der Waals surface area (Å²) in [5.41, 5.74) is 0.526. The number of carbonyl (C=O) groups is 1. The Morgan fingerprint density at radius 3 is 1.81 bits per heavy atom. The summed E-state index contributed by atoms with van der Waals surface area (Å²) in [6.07, 6.45) is 19.1. The van der Waals surface area contributed by atoms with E-state index in [0.29, 0.717) is 11.3 Å². The van der Waals surface area contributed by atoms with Gasteiger partial charge < -0.3 is 9.80 Å². The zero-order valence-electron chi connectivity index (χ0n) is 21.6. The predicted molar refractivity (Wildman–Crippen MR) is 134 cm³/mol. The quantitative estimate of drug-likeness (QED) is 0.238. The van der Waals surface area contributed by atoms with E-state index < -0.39 is 0 Å². The van der Waals surface area contributed by atoms with E-state index in [2.05, 4.69) is 37.5 Å². The van der Waals surface area contributed by atoms with Gasteiger partial charge >= 0.3 is 0 Å². The number of amides is 1. The molecule has 2 aliphatic heterocycles. The topological polar surface area (TPSA) is 23.6 Å². The summed E-state index contributed by atoms with van der Waals surface area (Å²) in [7, 11) is 0. The smallest absolute Gasteiger partial charge is 0.225 e. The number of piperidine rings is 1. The van der Waals surface area contributed by atoms with Crippen LogP contribution in [0.15, 0.2) is 0 Å². The summed E-state index contributed by atoms with van der Waals surface area (Å²) in [6.45, 7) is 15.1. The van der Waals surface area contributed by atoms with E-state index in [9.17, 15) is 4.79 Å². The molecule has 2 aliphatic rings. The van der Waals surface area contributed by atoms with Gasteiger partial charge in [0.1, 0.15) is 0 Å². The van der Waals surface area contributed by atoms with Crippen molar-refractivity contribution in [3.05, 3.63) is 0 Å². The maximum absolute atomic E-state index is 13.2. The van der Waals surface area contributed by atoms with Gasteiger partial charge in [-0.15, -0.1) is 0 Å². The molecule has 2 fully saturated rings. The van der Waals surface area contributed by atoms with Crippen LogP contribution >= 0.6 is 0 Å². The first-order valence-electron chi connectivity index (χ1n) is 14.1. The molecule has 2 rings (SSSR count). The standard InChI is InChI=1S/C28H54N2O/c1-5-9-13-17-26(16-12-8-4)27(31)30-20-18-28(19-21-30)23-29(24-28)22-25(14-10-6-2)15-11-7-3/h25-26H,5-24H2,1-4H3. The Kier molecular flexibility index (Phi) is 12.5. The minimum Gasteiger partial charge on any atom is -0.342 e. The van der Waals surface area contributed by atoms with Gasteiger partial charge in [0.25, 0.3) is 0 Å². The third-order valence-corrected chi connectivity index (χ3v) is 8.11. The zero-order valence-corrected chi connectivity index (χ0v) is 21.6. The van der Waals surface area contributed by atoms with E-state index in [1.165, 1.54) is 103 Å². The van der Waals surface area contributed by atoms with Gasteiger partial charge in [-0.25, -0.2) is 0 Å². The highest BCUT2D eigenvalue weighted by Gasteiger charge is 2.45. The fourth-order valence-electron chi connectivity index (χ4n) is 5.97. The maximum Gasteiger partial charge on any atom is 0.225 e. The highest BCUT2D eigenvalue weighted by Crippen LogP contribution is 2.41. The maximum atomic E-state index is 13.2. The molecular formula is C28H54N2O. The number of rotatable bonds is 16.